The average Bonchev–Trinajstić information content (AvgIpc) is 2.31. The zero-order valence-corrected chi connectivity index (χ0v) is 72.9. The van der Waals surface area contributed by atoms with Crippen LogP contribution >= 0.6 is 191 Å². The number of urea groups is 3. The van der Waals surface area contributed by atoms with Gasteiger partial charge in [-0.15, -0.1) is 55.8 Å². The second-order valence-corrected chi connectivity index (χ2v) is 54.8. The summed E-state index contributed by atoms with van der Waals surface area (Å²) < 4.78 is 17.9. The van der Waals surface area contributed by atoms with Crippen molar-refractivity contribution in [2.24, 2.45) is 0 Å². The third kappa shape index (κ3) is 48.9. The Kier molecular flexibility index (Phi) is 54.6. The number of morpholine rings is 2. The van der Waals surface area contributed by atoms with Gasteiger partial charge in [-0.1, -0.05) is 197 Å². The summed E-state index contributed by atoms with van der Waals surface area (Å²) in [6, 6.07) is -2.15. The Morgan fingerprint density at radius 1 is 0.648 bits per heavy atom. The van der Waals surface area contributed by atoms with Crippen molar-refractivity contribution < 1.29 is 62.8 Å². The van der Waals surface area contributed by atoms with Crippen molar-refractivity contribution in [1.82, 2.24) is 55.8 Å². The highest BCUT2D eigenvalue weighted by atomic mass is 127. The van der Waals surface area contributed by atoms with Gasteiger partial charge in [0.05, 0.1) is 99.3 Å². The van der Waals surface area contributed by atoms with Crippen LogP contribution in [-0.2, 0) is 57.8 Å². The molecule has 91 heavy (non-hydrogen) atoms. The van der Waals surface area contributed by atoms with Gasteiger partial charge in [0.15, 0.2) is 11.6 Å². The smallest absolute Gasteiger partial charge is 0.414 e. The summed E-state index contributed by atoms with van der Waals surface area (Å²) in [6.45, 7) is 32.1. The van der Waals surface area contributed by atoms with E-state index in [0.717, 1.165) is 95.6 Å². The van der Waals surface area contributed by atoms with Crippen molar-refractivity contribution in [2.45, 2.75) is 150 Å². The Labute approximate surface area is 646 Å². The Bertz CT molecular complexity index is 2530. The number of alkyl halides is 6. The highest BCUT2D eigenvalue weighted by molar-refractivity contribution is 14.3. The SMILES string of the molecule is C1COCCN1.CC(=O)[C@H](CCI)NC(=O)N(C)Cc1csc(C(C)C)n1.CC(=O)[C@H](CCN1CCOCC1)NC(=O)N(C)Cc1csc(C(C)C)n1.CC(C)c1nc(CN(C)C(=O)N[C@H]2CCOC2=O)cs1.C[Si](C)(C)I.IC(I)I.ICI.O=C(O)C(=O)O. The van der Waals surface area contributed by atoms with E-state index >= 15 is 0 Å². The number of halogens is 7. The molecule has 3 aromatic rings. The number of Topliss-reactive ketones (excluding diaryl/α,β-unsaturated/α-hetero) is 2. The number of hydrogen-bond donors (Lipinski definition) is 6. The van der Waals surface area contributed by atoms with Crippen LogP contribution in [0.4, 0.5) is 14.4 Å². The molecule has 0 saturated carbocycles. The number of aliphatic carboxylic acids is 2. The van der Waals surface area contributed by atoms with Crippen molar-refractivity contribution >= 4 is 244 Å². The molecule has 6 heterocycles. The number of esters is 1. The number of rotatable bonds is 19. The number of ketones is 2. The number of carbonyl (C=O) groups is 8. The first-order valence-electron chi connectivity index (χ1n) is 28.9. The normalized spacial score (nSPS) is 14.9. The van der Waals surface area contributed by atoms with Crippen LogP contribution in [0.3, 0.4) is 0 Å². The first kappa shape index (κ1) is 92.7. The van der Waals surface area contributed by atoms with Gasteiger partial charge in [-0.25, -0.2) is 43.7 Å². The fourth-order valence-corrected chi connectivity index (χ4v) is 9.95. The van der Waals surface area contributed by atoms with Crippen molar-refractivity contribution in [2.75, 3.05) is 93.8 Å². The number of ether oxygens (including phenoxy) is 3. The molecule has 0 spiro atoms. The predicted molar refractivity (Wildman–Crippen MR) is 427 cm³/mol. The largest absolute Gasteiger partial charge is 0.473 e. The highest BCUT2D eigenvalue weighted by Gasteiger charge is 2.29. The lowest BCUT2D eigenvalue weighted by molar-refractivity contribution is -0.159. The number of amides is 6. The lowest BCUT2D eigenvalue weighted by Crippen LogP contribution is -2.48. The van der Waals surface area contributed by atoms with Crippen LogP contribution in [0.2, 0.25) is 19.6 Å². The molecule has 3 aliphatic heterocycles. The standard InChI is InChI=1S/C18H30N4O3S.C14H22IN3O2S.C13H19N3O3S.C4H9NO.C3H9ISi.C2H2O4.CHI3.CH2I2/c1-13(2)17-19-15(12-26-17)11-21(4)18(24)20-16(14(3)23)5-6-22-7-9-25-10-8-22;1-9(2)13-16-11(8-21-13)7-18(4)14(20)17-12(5-6-15)10(3)19;1-8(2)11-14-9(7-20-11)6-16(3)13(18)15-10-4-5-19-12(10)17;1-3-6-4-2-5-1;1-5(2,3)4;3-1(4)2(5)6;2-1(3)4;2-1-3/h12-13,16H,5-11H2,1-4H3,(H,20,24);8-9,12H,5-7H2,1-4H3,(H,17,20);7-8,10H,4-6H2,1-3H3,(H,15,18);5H,1-4H2;1-3H3;(H,3,4)(H,5,6);1H;1H2/t16-;12-;10-;;;;;/m000...../s1. The van der Waals surface area contributed by atoms with E-state index in [1.54, 1.807) is 65.0 Å². The Hall–Kier alpha value is -0.383. The minimum Gasteiger partial charge on any atom is -0.473 e. The fourth-order valence-electron chi connectivity index (χ4n) is 6.85. The fraction of sp³-hybridized carbons (Fsp3) is 0.696. The third-order valence-corrected chi connectivity index (χ3v) is 15.7. The zero-order chi connectivity index (χ0) is 70.0. The molecule has 24 nitrogen and oxygen atoms in total. The van der Waals surface area contributed by atoms with Gasteiger partial charge < -0.3 is 60.4 Å². The molecule has 3 atom stereocenters. The maximum absolute atomic E-state index is 12.5. The summed E-state index contributed by atoms with van der Waals surface area (Å²) in [4.78, 5) is 110. The van der Waals surface area contributed by atoms with Gasteiger partial charge in [0.1, 0.15) is 11.6 Å². The van der Waals surface area contributed by atoms with E-state index in [2.05, 4.69) is 260 Å². The van der Waals surface area contributed by atoms with Crippen LogP contribution in [0, 0.1) is 0 Å². The van der Waals surface area contributed by atoms with Gasteiger partial charge in [0.25, 0.3) is 0 Å². The van der Waals surface area contributed by atoms with Gasteiger partial charge >= 0.3 is 36.0 Å². The molecule has 6 N–H and O–H groups in total. The molecule has 6 rings (SSSR count). The zero-order valence-electron chi connectivity index (χ0n) is 54.4. The summed E-state index contributed by atoms with van der Waals surface area (Å²) in [5, 5.41) is 35.4. The van der Waals surface area contributed by atoms with E-state index < -0.39 is 35.6 Å². The predicted octanol–water partition coefficient (Wildman–Crippen LogP) is 12.4. The number of hydrogen-bond acceptors (Lipinski definition) is 19. The molecule has 3 aliphatic rings. The topological polar surface area (TPSA) is 304 Å². The monoisotopic (exact) mass is 2140 g/mol. The Balaban J connectivity index is 0. The summed E-state index contributed by atoms with van der Waals surface area (Å²) in [5.41, 5.74) is 1.99. The van der Waals surface area contributed by atoms with Crippen LogP contribution in [-0.4, -0.2) is 210 Å². The molecular weight excluding hydrogens is 2050 g/mol. The molecular formula is C56H94I7N11O13S3Si. The number of carboxylic acids is 2. The molecule has 0 radical (unpaired) electrons. The maximum atomic E-state index is 12.5. The molecule has 0 bridgehead atoms. The van der Waals surface area contributed by atoms with Crippen molar-refractivity contribution in [3.63, 3.8) is 0 Å². The summed E-state index contributed by atoms with van der Waals surface area (Å²) in [7, 11) is 5.12. The van der Waals surface area contributed by atoms with Gasteiger partial charge in [-0.05, 0) is 26.7 Å². The third-order valence-electron chi connectivity index (χ3n) is 11.5. The molecule has 0 aliphatic carbocycles. The second kappa shape index (κ2) is 53.6. The number of carboxylic acid groups (broad SMARTS) is 2. The van der Waals surface area contributed by atoms with E-state index in [1.807, 2.05) is 16.1 Å². The first-order chi connectivity index (χ1) is 42.5. The number of aromatic nitrogens is 3. The van der Waals surface area contributed by atoms with Gasteiger partial charge in [-0.2, -0.15) is 0 Å². The van der Waals surface area contributed by atoms with Crippen LogP contribution < -0.4 is 21.3 Å². The van der Waals surface area contributed by atoms with Crippen molar-refractivity contribution in [1.29, 1.82) is 0 Å². The maximum Gasteiger partial charge on any atom is 0.414 e. The van der Waals surface area contributed by atoms with Gasteiger partial charge in [0, 0.05) is 98.6 Å². The van der Waals surface area contributed by atoms with Crippen LogP contribution in [0.5, 0.6) is 0 Å². The average molecular weight is 2140 g/mol. The van der Waals surface area contributed by atoms with E-state index in [1.165, 1.54) is 21.2 Å². The number of nitrogens with zero attached hydrogens (tertiary/aromatic N) is 7. The van der Waals surface area contributed by atoms with E-state index in [-0.39, 0.29) is 35.6 Å². The molecule has 35 heteroatoms. The minimum atomic E-state index is -1.82. The molecule has 3 saturated heterocycles. The summed E-state index contributed by atoms with van der Waals surface area (Å²) in [5.74, 6) is -2.86. The molecule has 522 valence electrons. The number of thiazole rings is 3. The number of cyclic esters (lactones) is 1. The van der Waals surface area contributed by atoms with Gasteiger partial charge in [-0.3, -0.25) is 14.5 Å². The lowest BCUT2D eigenvalue weighted by atomic mass is 10.1. The van der Waals surface area contributed by atoms with Crippen LogP contribution in [0.1, 0.15) is 125 Å². The van der Waals surface area contributed by atoms with E-state index in [4.69, 9.17) is 34.0 Å². The molecule has 0 unspecified atom stereocenters. The molecule has 6 amide bonds. The number of nitrogens with one attached hydrogen (secondary N) is 4. The Morgan fingerprint density at radius 2 is 0.989 bits per heavy atom. The van der Waals surface area contributed by atoms with E-state index in [9.17, 15) is 28.8 Å². The van der Waals surface area contributed by atoms with Crippen molar-refractivity contribution in [3.05, 3.63) is 48.2 Å². The quantitative estimate of drug-likeness (QED) is 0.0162. The first-order valence-corrected chi connectivity index (χ1v) is 46.4. The summed E-state index contributed by atoms with van der Waals surface area (Å²) >= 11 is 21.0. The second-order valence-electron chi connectivity index (χ2n) is 21.9. The lowest BCUT2D eigenvalue weighted by Gasteiger charge is -2.28. The summed E-state index contributed by atoms with van der Waals surface area (Å²) in [6.07, 6.45) is 1.80. The molecule has 3 aromatic heterocycles. The highest BCUT2D eigenvalue weighted by Crippen LogP contribution is 2.23. The van der Waals surface area contributed by atoms with Crippen molar-refractivity contribution in [3.8, 4) is 0 Å². The number of carbonyl (C=O) groups excluding carboxylic acids is 6. The van der Waals surface area contributed by atoms with Crippen LogP contribution in [0.15, 0.2) is 16.1 Å². The minimum absolute atomic E-state index is 0.0100. The Morgan fingerprint density at radius 3 is 1.25 bits per heavy atom. The van der Waals surface area contributed by atoms with Crippen LogP contribution in [0.25, 0.3) is 0 Å². The van der Waals surface area contributed by atoms with Gasteiger partial charge in [0.2, 0.25) is 0 Å². The molecule has 3 fully saturated rings. The molecule has 0 aromatic carbocycles. The van der Waals surface area contributed by atoms with E-state index in [0.29, 0.717) is 63.3 Å².